The zero-order chi connectivity index (χ0) is 19.1. The maximum Gasteiger partial charge on any atom is 0.191 e. The van der Waals surface area contributed by atoms with Crippen LogP contribution in [-0.4, -0.2) is 47.9 Å². The Bertz CT molecular complexity index is 612. The van der Waals surface area contributed by atoms with Crippen molar-refractivity contribution in [3.05, 3.63) is 18.2 Å². The normalized spacial score (nSPS) is 23.8. The number of halogens is 1. The number of unbranched alkanes of at least 4 members (excludes halogenated alkanes) is 1. The minimum absolute atomic E-state index is 0. The van der Waals surface area contributed by atoms with E-state index in [4.69, 9.17) is 4.74 Å². The van der Waals surface area contributed by atoms with E-state index in [9.17, 15) is 0 Å². The largest absolute Gasteiger partial charge is 0.378 e. The molecule has 0 aliphatic heterocycles. The Balaban J connectivity index is 0.00000280. The van der Waals surface area contributed by atoms with E-state index in [-0.39, 0.29) is 24.0 Å². The van der Waals surface area contributed by atoms with Crippen molar-refractivity contribution in [2.45, 2.75) is 83.9 Å². The number of rotatable bonds is 8. The number of nitrogens with zero attached hydrogens (tertiary/aromatic N) is 3. The molecule has 0 aromatic carbocycles. The van der Waals surface area contributed by atoms with Crippen LogP contribution in [0, 0.1) is 12.3 Å². The van der Waals surface area contributed by atoms with Gasteiger partial charge < -0.3 is 19.9 Å². The first-order valence-corrected chi connectivity index (χ1v) is 10.8. The highest BCUT2D eigenvalue weighted by Crippen LogP contribution is 2.53. The van der Waals surface area contributed by atoms with Crippen molar-refractivity contribution in [2.75, 3.05) is 20.2 Å². The molecule has 6 nitrogen and oxygen atoms in total. The third-order valence-electron chi connectivity index (χ3n) is 6.51. The van der Waals surface area contributed by atoms with Crippen LogP contribution in [-0.2, 0) is 11.3 Å². The van der Waals surface area contributed by atoms with Crippen LogP contribution in [0.3, 0.4) is 0 Å². The Morgan fingerprint density at radius 3 is 2.75 bits per heavy atom. The van der Waals surface area contributed by atoms with Crippen LogP contribution >= 0.6 is 24.0 Å². The van der Waals surface area contributed by atoms with Gasteiger partial charge in [-0.3, -0.25) is 4.99 Å². The molecule has 0 bridgehead atoms. The Morgan fingerprint density at radius 2 is 2.11 bits per heavy atom. The molecule has 160 valence electrons. The first-order chi connectivity index (χ1) is 13.2. The minimum atomic E-state index is 0. The van der Waals surface area contributed by atoms with E-state index in [1.54, 1.807) is 0 Å². The lowest BCUT2D eigenvalue weighted by molar-refractivity contribution is -0.145. The summed E-state index contributed by atoms with van der Waals surface area (Å²) < 4.78 is 8.28. The smallest absolute Gasteiger partial charge is 0.191 e. The van der Waals surface area contributed by atoms with E-state index >= 15 is 0 Å². The van der Waals surface area contributed by atoms with Gasteiger partial charge in [0.15, 0.2) is 5.96 Å². The van der Waals surface area contributed by atoms with Crippen LogP contribution in [0.15, 0.2) is 17.4 Å². The van der Waals surface area contributed by atoms with E-state index in [2.05, 4.69) is 45.2 Å². The zero-order valence-corrected chi connectivity index (χ0v) is 20.1. The highest BCUT2D eigenvalue weighted by molar-refractivity contribution is 14.0. The highest BCUT2D eigenvalue weighted by atomic mass is 127. The number of aryl methyl sites for hydroxylation is 2. The van der Waals surface area contributed by atoms with Gasteiger partial charge in [-0.15, -0.1) is 24.0 Å². The number of ether oxygens (including phenoxy) is 1. The summed E-state index contributed by atoms with van der Waals surface area (Å²) >= 11 is 0. The van der Waals surface area contributed by atoms with E-state index < -0.39 is 0 Å². The molecule has 2 N–H and O–H groups in total. The second kappa shape index (κ2) is 11.4. The van der Waals surface area contributed by atoms with Gasteiger partial charge in [0.25, 0.3) is 0 Å². The molecule has 2 aliphatic carbocycles. The van der Waals surface area contributed by atoms with Crippen molar-refractivity contribution in [1.29, 1.82) is 0 Å². The number of nitrogens with one attached hydrogen (secondary N) is 2. The quantitative estimate of drug-likeness (QED) is 0.245. The Hall–Kier alpha value is -0.830. The van der Waals surface area contributed by atoms with Gasteiger partial charge in [-0.05, 0) is 46.0 Å². The molecule has 1 aromatic rings. The molecule has 7 heteroatoms. The topological polar surface area (TPSA) is 63.5 Å². The van der Waals surface area contributed by atoms with Crippen LogP contribution < -0.4 is 10.6 Å². The second-order valence-electron chi connectivity index (χ2n) is 8.04. The number of hydrogen-bond acceptors (Lipinski definition) is 3. The van der Waals surface area contributed by atoms with Crippen molar-refractivity contribution in [3.8, 4) is 0 Å². The summed E-state index contributed by atoms with van der Waals surface area (Å²) in [7, 11) is 1.87. The van der Waals surface area contributed by atoms with E-state index in [1.807, 2.05) is 13.2 Å². The second-order valence-corrected chi connectivity index (χ2v) is 8.04. The molecule has 1 aromatic heterocycles. The lowest BCUT2D eigenvalue weighted by atomic mass is 9.55. The molecule has 2 atom stereocenters. The molecule has 28 heavy (non-hydrogen) atoms. The average molecular weight is 503 g/mol. The van der Waals surface area contributed by atoms with Crippen LogP contribution in [0.2, 0.25) is 0 Å². The molecule has 2 fully saturated rings. The summed E-state index contributed by atoms with van der Waals surface area (Å²) in [4.78, 5) is 8.73. The molecule has 2 aliphatic rings. The van der Waals surface area contributed by atoms with Crippen molar-refractivity contribution in [3.63, 3.8) is 0 Å². The third-order valence-corrected chi connectivity index (χ3v) is 6.51. The maximum atomic E-state index is 6.07. The van der Waals surface area contributed by atoms with Gasteiger partial charge in [0.05, 0.1) is 6.10 Å². The van der Waals surface area contributed by atoms with Gasteiger partial charge in [0, 0.05) is 50.6 Å². The summed E-state index contributed by atoms with van der Waals surface area (Å²) in [5.74, 6) is 2.03. The van der Waals surface area contributed by atoms with Gasteiger partial charge in [-0.2, -0.15) is 0 Å². The summed E-state index contributed by atoms with van der Waals surface area (Å²) in [6.45, 7) is 6.97. The molecule has 0 amide bonds. The summed E-state index contributed by atoms with van der Waals surface area (Å²) in [5.41, 5.74) is 0.324. The first-order valence-electron chi connectivity index (χ1n) is 10.8. The van der Waals surface area contributed by atoms with E-state index in [0.717, 1.165) is 50.7 Å². The maximum absolute atomic E-state index is 6.07. The Kier molecular flexibility index (Phi) is 9.53. The molecular formula is C21H38IN5O. The molecule has 2 saturated carbocycles. The van der Waals surface area contributed by atoms with Gasteiger partial charge in [-0.25, -0.2) is 4.98 Å². The van der Waals surface area contributed by atoms with Crippen molar-refractivity contribution in [2.24, 2.45) is 10.4 Å². The van der Waals surface area contributed by atoms with Crippen LogP contribution in [0.25, 0.3) is 0 Å². The summed E-state index contributed by atoms with van der Waals surface area (Å²) in [6.07, 6.45) is 14.3. The summed E-state index contributed by atoms with van der Waals surface area (Å²) in [6, 6.07) is 0.495. The molecule has 1 spiro atoms. The summed E-state index contributed by atoms with van der Waals surface area (Å²) in [5, 5.41) is 7.21. The van der Waals surface area contributed by atoms with Gasteiger partial charge in [0.1, 0.15) is 5.82 Å². The van der Waals surface area contributed by atoms with E-state index in [1.165, 1.54) is 32.1 Å². The molecule has 0 radical (unpaired) electrons. The fourth-order valence-electron chi connectivity index (χ4n) is 4.88. The SMILES string of the molecule is CCOC1CC(NC(=NC)NCCCCn2ccnc2C)C12CCCCC2.I. The standard InChI is InChI=1S/C21H37N5O.HI/c1-4-27-19-16-18(21(19)10-6-5-7-11-21)25-20(22-3)24-12-8-9-14-26-15-13-23-17(26)2;/h13,15,18-19H,4-12,14,16H2,1-3H3,(H2,22,24,25);1H. The van der Waals surface area contributed by atoms with Gasteiger partial charge in [0.2, 0.25) is 0 Å². The number of aliphatic imine (C=N–C) groups is 1. The number of aromatic nitrogens is 2. The number of guanidine groups is 1. The predicted molar refractivity (Wildman–Crippen MR) is 125 cm³/mol. The Morgan fingerprint density at radius 1 is 1.32 bits per heavy atom. The Labute approximate surface area is 187 Å². The molecule has 2 unspecified atom stereocenters. The predicted octanol–water partition coefficient (Wildman–Crippen LogP) is 3.88. The van der Waals surface area contributed by atoms with Crippen molar-refractivity contribution < 1.29 is 4.74 Å². The van der Waals surface area contributed by atoms with Crippen LogP contribution in [0.4, 0.5) is 0 Å². The first kappa shape index (κ1) is 23.4. The fourth-order valence-corrected chi connectivity index (χ4v) is 4.88. The van der Waals surface area contributed by atoms with Gasteiger partial charge >= 0.3 is 0 Å². The van der Waals surface area contributed by atoms with Crippen LogP contribution in [0.5, 0.6) is 0 Å². The average Bonchev–Trinajstić information content (AvgIpc) is 3.10. The third kappa shape index (κ3) is 5.40. The lowest BCUT2D eigenvalue weighted by Crippen LogP contribution is -2.66. The zero-order valence-electron chi connectivity index (χ0n) is 17.7. The molecule has 1 heterocycles. The monoisotopic (exact) mass is 503 g/mol. The molecule has 3 rings (SSSR count). The number of hydrogen-bond donors (Lipinski definition) is 2. The number of imidazole rings is 1. The molecular weight excluding hydrogens is 465 g/mol. The van der Waals surface area contributed by atoms with E-state index in [0.29, 0.717) is 17.6 Å². The van der Waals surface area contributed by atoms with Crippen molar-refractivity contribution in [1.82, 2.24) is 20.2 Å². The fraction of sp³-hybridized carbons (Fsp3) is 0.810. The lowest BCUT2D eigenvalue weighted by Gasteiger charge is -2.57. The van der Waals surface area contributed by atoms with Crippen LogP contribution in [0.1, 0.15) is 64.1 Å². The highest BCUT2D eigenvalue weighted by Gasteiger charge is 2.55. The van der Waals surface area contributed by atoms with Gasteiger partial charge in [-0.1, -0.05) is 19.3 Å². The minimum Gasteiger partial charge on any atom is -0.378 e. The van der Waals surface area contributed by atoms with Crippen molar-refractivity contribution >= 4 is 29.9 Å². The molecule has 0 saturated heterocycles.